The summed E-state index contributed by atoms with van der Waals surface area (Å²) >= 11 is 10.5. The number of carbonyl (C=O) groups is 1. The second kappa shape index (κ2) is 3.83. The van der Waals surface area contributed by atoms with E-state index >= 15 is 0 Å². The van der Waals surface area contributed by atoms with Crippen molar-refractivity contribution in [3.05, 3.63) is 28.8 Å². The minimum Gasteiger partial charge on any atom is -0.293 e. The molecule has 2 nitrogen and oxygen atoms in total. The molecular weight excluding hydrogens is 204 g/mol. The molecule has 0 amide bonds. The van der Waals surface area contributed by atoms with Gasteiger partial charge in [0.15, 0.2) is 16.8 Å². The first-order chi connectivity index (χ1) is 5.65. The highest BCUT2D eigenvalue weighted by Crippen LogP contribution is 2.12. The lowest BCUT2D eigenvalue weighted by molar-refractivity contribution is 0.102. The Morgan fingerprint density at radius 2 is 2.33 bits per heavy atom. The van der Waals surface area contributed by atoms with Crippen LogP contribution in [0.15, 0.2) is 12.3 Å². The maximum Gasteiger partial charge on any atom is 0.179 e. The van der Waals surface area contributed by atoms with Gasteiger partial charge in [-0.15, -0.1) is 11.6 Å². The summed E-state index contributed by atoms with van der Waals surface area (Å²) in [6, 6.07) is 1.01. The second-order valence-corrected chi connectivity index (χ2v) is 2.68. The summed E-state index contributed by atoms with van der Waals surface area (Å²) in [5, 5.41) is -0.249. The molecule has 12 heavy (non-hydrogen) atoms. The van der Waals surface area contributed by atoms with Gasteiger partial charge >= 0.3 is 0 Å². The van der Waals surface area contributed by atoms with E-state index in [4.69, 9.17) is 23.2 Å². The Morgan fingerprint density at radius 1 is 1.67 bits per heavy atom. The zero-order chi connectivity index (χ0) is 9.14. The molecule has 1 aromatic heterocycles. The van der Waals surface area contributed by atoms with Crippen LogP contribution in [0.1, 0.15) is 10.4 Å². The van der Waals surface area contributed by atoms with E-state index in [-0.39, 0.29) is 22.4 Å². The molecule has 0 aliphatic carbocycles. The molecule has 64 valence electrons. The van der Waals surface area contributed by atoms with E-state index in [1.165, 1.54) is 6.20 Å². The Balaban J connectivity index is 3.05. The first-order valence-electron chi connectivity index (χ1n) is 3.05. The molecule has 1 aromatic rings. The number of pyridine rings is 1. The van der Waals surface area contributed by atoms with Gasteiger partial charge in [0, 0.05) is 11.8 Å². The molecule has 0 fully saturated rings. The van der Waals surface area contributed by atoms with Crippen LogP contribution in [0.4, 0.5) is 4.39 Å². The normalized spacial score (nSPS) is 9.92. The van der Waals surface area contributed by atoms with Crippen LogP contribution in [0, 0.1) is 5.82 Å². The monoisotopic (exact) mass is 207 g/mol. The summed E-state index contributed by atoms with van der Waals surface area (Å²) < 4.78 is 12.7. The molecule has 0 bridgehead atoms. The van der Waals surface area contributed by atoms with Crippen LogP contribution >= 0.6 is 23.2 Å². The predicted octanol–water partition coefficient (Wildman–Crippen LogP) is 2.30. The van der Waals surface area contributed by atoms with Gasteiger partial charge in [0.25, 0.3) is 0 Å². The highest BCUT2D eigenvalue weighted by atomic mass is 35.5. The molecule has 0 spiro atoms. The maximum atomic E-state index is 12.7. The summed E-state index contributed by atoms with van der Waals surface area (Å²) in [7, 11) is 0. The Labute approximate surface area is 78.3 Å². The minimum absolute atomic E-state index is 0.131. The number of aromatic nitrogens is 1. The van der Waals surface area contributed by atoms with Crippen LogP contribution in [0.2, 0.25) is 5.15 Å². The molecule has 0 aromatic carbocycles. The van der Waals surface area contributed by atoms with E-state index in [9.17, 15) is 9.18 Å². The molecular formula is C7H4Cl2FNO. The zero-order valence-electron chi connectivity index (χ0n) is 5.85. The number of Topliss-reactive ketones (excluding diaryl/α,β-unsaturated/α-hetero) is 1. The zero-order valence-corrected chi connectivity index (χ0v) is 7.36. The van der Waals surface area contributed by atoms with E-state index in [0.29, 0.717) is 0 Å². The van der Waals surface area contributed by atoms with Crippen molar-refractivity contribution in [1.29, 1.82) is 0 Å². The van der Waals surface area contributed by atoms with Gasteiger partial charge in [0.05, 0.1) is 5.88 Å². The standard InChI is InChI=1S/C7H4Cl2FNO/c8-2-6(12)4-1-5(10)7(9)11-3-4/h1,3H,2H2. The van der Waals surface area contributed by atoms with Crippen molar-refractivity contribution in [2.45, 2.75) is 0 Å². The molecule has 0 saturated carbocycles. The van der Waals surface area contributed by atoms with Crippen LogP contribution in [0.3, 0.4) is 0 Å². The van der Waals surface area contributed by atoms with Crippen LogP contribution in [-0.4, -0.2) is 16.6 Å². The Bertz CT molecular complexity index is 316. The Hall–Kier alpha value is -0.670. The lowest BCUT2D eigenvalue weighted by atomic mass is 10.2. The third-order valence-corrected chi connectivity index (χ3v) is 1.76. The molecule has 1 heterocycles. The molecule has 0 N–H and O–H groups in total. The number of hydrogen-bond acceptors (Lipinski definition) is 2. The summed E-state index contributed by atoms with van der Waals surface area (Å²) in [4.78, 5) is 14.4. The fourth-order valence-corrected chi connectivity index (χ4v) is 0.909. The SMILES string of the molecule is O=C(CCl)c1cnc(Cl)c(F)c1. The highest BCUT2D eigenvalue weighted by Gasteiger charge is 2.08. The summed E-state index contributed by atoms with van der Waals surface area (Å²) in [6.45, 7) is 0. The lowest BCUT2D eigenvalue weighted by Crippen LogP contribution is -2.01. The number of hydrogen-bond donors (Lipinski definition) is 0. The average molecular weight is 208 g/mol. The van der Waals surface area contributed by atoms with Gasteiger partial charge < -0.3 is 0 Å². The van der Waals surface area contributed by atoms with Crippen molar-refractivity contribution < 1.29 is 9.18 Å². The summed E-state index contributed by atoms with van der Waals surface area (Å²) in [5.74, 6) is -1.28. The molecule has 0 aliphatic rings. The number of ketones is 1. The van der Waals surface area contributed by atoms with Gasteiger partial charge in [-0.05, 0) is 6.07 Å². The largest absolute Gasteiger partial charge is 0.293 e. The molecule has 0 aliphatic heterocycles. The van der Waals surface area contributed by atoms with Crippen LogP contribution in [-0.2, 0) is 0 Å². The summed E-state index contributed by atoms with van der Waals surface area (Å²) in [5.41, 5.74) is 0.131. The van der Waals surface area contributed by atoms with E-state index < -0.39 is 5.82 Å². The van der Waals surface area contributed by atoms with Crippen molar-refractivity contribution in [2.24, 2.45) is 0 Å². The summed E-state index contributed by atoms with van der Waals surface area (Å²) in [6.07, 6.45) is 1.19. The van der Waals surface area contributed by atoms with Crippen molar-refractivity contribution >= 4 is 29.0 Å². The van der Waals surface area contributed by atoms with E-state index in [2.05, 4.69) is 4.98 Å². The van der Waals surface area contributed by atoms with Gasteiger partial charge in [-0.3, -0.25) is 4.79 Å². The number of halogens is 3. The lowest BCUT2D eigenvalue weighted by Gasteiger charge is -1.96. The van der Waals surface area contributed by atoms with Crippen LogP contribution in [0.5, 0.6) is 0 Å². The third kappa shape index (κ3) is 1.93. The molecule has 0 unspecified atom stereocenters. The van der Waals surface area contributed by atoms with Gasteiger partial charge in [0.2, 0.25) is 0 Å². The first kappa shape index (κ1) is 9.42. The maximum absolute atomic E-state index is 12.7. The van der Waals surface area contributed by atoms with Gasteiger partial charge in [-0.25, -0.2) is 9.37 Å². The van der Waals surface area contributed by atoms with E-state index in [1.54, 1.807) is 0 Å². The Morgan fingerprint density at radius 3 is 2.83 bits per heavy atom. The van der Waals surface area contributed by atoms with Gasteiger partial charge in [0.1, 0.15) is 0 Å². The molecule has 1 rings (SSSR count). The second-order valence-electron chi connectivity index (χ2n) is 2.05. The smallest absolute Gasteiger partial charge is 0.179 e. The van der Waals surface area contributed by atoms with Crippen molar-refractivity contribution in [3.63, 3.8) is 0 Å². The van der Waals surface area contributed by atoms with E-state index in [0.717, 1.165) is 6.07 Å². The van der Waals surface area contributed by atoms with Crippen molar-refractivity contribution in [1.82, 2.24) is 4.98 Å². The fourth-order valence-electron chi connectivity index (χ4n) is 0.651. The van der Waals surface area contributed by atoms with Crippen molar-refractivity contribution in [3.8, 4) is 0 Å². The van der Waals surface area contributed by atoms with Crippen LogP contribution < -0.4 is 0 Å². The highest BCUT2D eigenvalue weighted by molar-refractivity contribution is 6.31. The molecule has 0 saturated heterocycles. The predicted molar refractivity (Wildman–Crippen MR) is 44.3 cm³/mol. The van der Waals surface area contributed by atoms with E-state index in [1.807, 2.05) is 0 Å². The van der Waals surface area contributed by atoms with Crippen molar-refractivity contribution in [2.75, 3.05) is 5.88 Å². The fraction of sp³-hybridized carbons (Fsp3) is 0.143. The Kier molecular flexibility index (Phi) is 3.00. The van der Waals surface area contributed by atoms with Gasteiger partial charge in [-0.1, -0.05) is 11.6 Å². The molecule has 0 radical (unpaired) electrons. The van der Waals surface area contributed by atoms with Gasteiger partial charge in [-0.2, -0.15) is 0 Å². The topological polar surface area (TPSA) is 30.0 Å². The van der Waals surface area contributed by atoms with Crippen LogP contribution in [0.25, 0.3) is 0 Å². The average Bonchev–Trinajstić information content (AvgIpc) is 2.08. The number of nitrogens with zero attached hydrogens (tertiary/aromatic N) is 1. The third-order valence-electron chi connectivity index (χ3n) is 1.24. The molecule has 5 heteroatoms. The number of carbonyl (C=O) groups excluding carboxylic acids is 1. The number of rotatable bonds is 2. The minimum atomic E-state index is -0.715. The quantitative estimate of drug-likeness (QED) is 0.424. The number of alkyl halides is 1. The first-order valence-corrected chi connectivity index (χ1v) is 3.96. The molecule has 0 atom stereocenters.